The summed E-state index contributed by atoms with van der Waals surface area (Å²) in [5.41, 5.74) is 1.88. The molecule has 6 heteroatoms. The number of para-hydroxylation sites is 1. The third kappa shape index (κ3) is 4.96. The van der Waals surface area contributed by atoms with Crippen molar-refractivity contribution >= 4 is 11.8 Å². The highest BCUT2D eigenvalue weighted by Gasteiger charge is 2.27. The Morgan fingerprint density at radius 2 is 1.96 bits per heavy atom. The molecule has 1 aliphatic heterocycles. The molecule has 2 aromatic carbocycles. The van der Waals surface area contributed by atoms with Crippen LogP contribution >= 0.6 is 0 Å². The topological polar surface area (TPSA) is 41.6 Å². The molecular weight excluding hydrogens is 350 g/mol. The minimum Gasteiger partial charge on any atom is -0.444 e. The molecule has 4 nitrogen and oxygen atoms in total. The maximum Gasteiger partial charge on any atom is 0.407 e. The smallest absolute Gasteiger partial charge is 0.407 e. The molecule has 1 heterocycles. The van der Waals surface area contributed by atoms with E-state index in [1.165, 1.54) is 12.1 Å². The van der Waals surface area contributed by atoms with Gasteiger partial charge in [0, 0.05) is 30.4 Å². The molecule has 3 rings (SSSR count). The molecule has 0 bridgehead atoms. The first-order chi connectivity index (χ1) is 12.7. The van der Waals surface area contributed by atoms with E-state index >= 15 is 0 Å². The van der Waals surface area contributed by atoms with E-state index in [0.29, 0.717) is 18.5 Å². The minimum atomic E-state index is -0.597. The second kappa shape index (κ2) is 7.55. The number of carbonyl (C=O) groups excluding carboxylic acids is 1. The van der Waals surface area contributed by atoms with E-state index in [9.17, 15) is 13.6 Å². The zero-order valence-electron chi connectivity index (χ0n) is 15.8. The lowest BCUT2D eigenvalue weighted by Gasteiger charge is -2.36. The van der Waals surface area contributed by atoms with Gasteiger partial charge in [-0.3, -0.25) is 0 Å². The first kappa shape index (κ1) is 19.1. The highest BCUT2D eigenvalue weighted by Crippen LogP contribution is 2.29. The molecule has 0 spiro atoms. The molecular formula is C21H24F2N2O2. The molecule has 1 unspecified atom stereocenters. The summed E-state index contributed by atoms with van der Waals surface area (Å²) in [6.45, 7) is 6.23. The zero-order valence-corrected chi connectivity index (χ0v) is 15.8. The predicted molar refractivity (Wildman–Crippen MR) is 101 cm³/mol. The van der Waals surface area contributed by atoms with Gasteiger partial charge in [0.1, 0.15) is 17.2 Å². The highest BCUT2D eigenvalue weighted by molar-refractivity contribution is 5.69. The van der Waals surface area contributed by atoms with Crippen molar-refractivity contribution in [2.24, 2.45) is 0 Å². The quantitative estimate of drug-likeness (QED) is 0.865. The van der Waals surface area contributed by atoms with Crippen LogP contribution in [0.5, 0.6) is 0 Å². The first-order valence-corrected chi connectivity index (χ1v) is 8.97. The number of hydrogen-bond donors (Lipinski definition) is 1. The van der Waals surface area contributed by atoms with E-state index in [4.69, 9.17) is 4.74 Å². The second-order valence-corrected chi connectivity index (χ2v) is 7.79. The van der Waals surface area contributed by atoms with Crippen molar-refractivity contribution in [3.05, 3.63) is 65.2 Å². The van der Waals surface area contributed by atoms with E-state index in [0.717, 1.165) is 17.3 Å². The Bertz CT molecular complexity index is 833. The average Bonchev–Trinajstić information content (AvgIpc) is 2.55. The number of nitrogens with zero attached hydrogens (tertiary/aromatic N) is 1. The van der Waals surface area contributed by atoms with Gasteiger partial charge >= 0.3 is 6.09 Å². The Kier molecular flexibility index (Phi) is 5.35. The Hall–Kier alpha value is -2.63. The van der Waals surface area contributed by atoms with Gasteiger partial charge in [0.2, 0.25) is 0 Å². The van der Waals surface area contributed by atoms with Gasteiger partial charge in [0.25, 0.3) is 0 Å². The summed E-state index contributed by atoms with van der Waals surface area (Å²) in [4.78, 5) is 14.1. The molecule has 1 N–H and O–H groups in total. The maximum atomic E-state index is 14.1. The van der Waals surface area contributed by atoms with Gasteiger partial charge in [-0.15, -0.1) is 0 Å². The van der Waals surface area contributed by atoms with Crippen molar-refractivity contribution in [2.75, 3.05) is 11.4 Å². The normalized spacial score (nSPS) is 16.6. The monoisotopic (exact) mass is 374 g/mol. The maximum absolute atomic E-state index is 14.1. The van der Waals surface area contributed by atoms with E-state index in [2.05, 4.69) is 5.32 Å². The van der Waals surface area contributed by atoms with Crippen LogP contribution in [0, 0.1) is 11.6 Å². The summed E-state index contributed by atoms with van der Waals surface area (Å²) >= 11 is 0. The minimum absolute atomic E-state index is 0.168. The fourth-order valence-corrected chi connectivity index (χ4v) is 3.26. The number of amides is 1. The molecule has 0 radical (unpaired) electrons. The molecule has 2 aromatic rings. The molecule has 0 saturated heterocycles. The Morgan fingerprint density at radius 3 is 2.67 bits per heavy atom. The van der Waals surface area contributed by atoms with Crippen molar-refractivity contribution < 1.29 is 18.3 Å². The van der Waals surface area contributed by atoms with Crippen LogP contribution in [0.1, 0.15) is 31.9 Å². The predicted octanol–water partition coefficient (Wildman–Crippen LogP) is 4.42. The number of benzene rings is 2. The van der Waals surface area contributed by atoms with Crippen LogP contribution < -0.4 is 10.2 Å². The summed E-state index contributed by atoms with van der Waals surface area (Å²) in [7, 11) is 0. The SMILES string of the molecule is CC(C)(C)OC(=O)NC1Cc2ccccc2N(Cc2ccc(F)cc2F)C1. The molecule has 1 atom stereocenters. The van der Waals surface area contributed by atoms with Crippen LogP contribution in [-0.2, 0) is 17.7 Å². The average molecular weight is 374 g/mol. The number of rotatable bonds is 3. The lowest BCUT2D eigenvalue weighted by atomic mass is 9.97. The number of carbonyl (C=O) groups is 1. The number of fused-ring (bicyclic) bond motifs is 1. The third-order valence-corrected chi connectivity index (χ3v) is 4.34. The summed E-state index contributed by atoms with van der Waals surface area (Å²) in [5.74, 6) is -1.17. The van der Waals surface area contributed by atoms with Crippen LogP contribution in [0.25, 0.3) is 0 Å². The zero-order chi connectivity index (χ0) is 19.6. The first-order valence-electron chi connectivity index (χ1n) is 8.97. The van der Waals surface area contributed by atoms with Crippen LogP contribution in [0.4, 0.5) is 19.3 Å². The van der Waals surface area contributed by atoms with E-state index in [-0.39, 0.29) is 12.6 Å². The number of anilines is 1. The number of hydrogen-bond acceptors (Lipinski definition) is 3. The molecule has 1 amide bonds. The van der Waals surface area contributed by atoms with E-state index < -0.39 is 23.3 Å². The van der Waals surface area contributed by atoms with Crippen LogP contribution in [0.3, 0.4) is 0 Å². The Labute approximate surface area is 158 Å². The second-order valence-electron chi connectivity index (χ2n) is 7.79. The molecule has 0 saturated carbocycles. The molecule has 1 aliphatic rings. The standard InChI is InChI=1S/C21H24F2N2O2/c1-21(2,3)27-20(26)24-17-10-14-6-4-5-7-19(14)25(13-17)12-15-8-9-16(22)11-18(15)23/h4-9,11,17H,10,12-13H2,1-3H3,(H,24,26). The lowest BCUT2D eigenvalue weighted by Crippen LogP contribution is -2.49. The lowest BCUT2D eigenvalue weighted by molar-refractivity contribution is 0.0504. The van der Waals surface area contributed by atoms with Crippen molar-refractivity contribution in [2.45, 2.75) is 45.4 Å². The molecule has 144 valence electrons. The molecule has 27 heavy (non-hydrogen) atoms. The van der Waals surface area contributed by atoms with Gasteiger partial charge in [0.15, 0.2) is 0 Å². The number of alkyl carbamates (subject to hydrolysis) is 1. The summed E-state index contributed by atoms with van der Waals surface area (Å²) in [5, 5.41) is 2.90. The van der Waals surface area contributed by atoms with Gasteiger partial charge < -0.3 is 15.0 Å². The van der Waals surface area contributed by atoms with Crippen molar-refractivity contribution in [1.82, 2.24) is 5.32 Å². The van der Waals surface area contributed by atoms with Gasteiger partial charge in [-0.1, -0.05) is 24.3 Å². The van der Waals surface area contributed by atoms with E-state index in [1.807, 2.05) is 49.9 Å². The van der Waals surface area contributed by atoms with Gasteiger partial charge in [-0.25, -0.2) is 13.6 Å². The summed E-state index contributed by atoms with van der Waals surface area (Å²) in [6, 6.07) is 11.3. The number of ether oxygens (including phenoxy) is 1. The van der Waals surface area contributed by atoms with Crippen LogP contribution in [-0.4, -0.2) is 24.3 Å². The molecule has 0 aromatic heterocycles. The molecule has 0 aliphatic carbocycles. The molecule has 0 fully saturated rings. The fraction of sp³-hybridized carbons (Fsp3) is 0.381. The largest absolute Gasteiger partial charge is 0.444 e. The van der Waals surface area contributed by atoms with Gasteiger partial charge in [-0.2, -0.15) is 0 Å². The Balaban J connectivity index is 1.79. The van der Waals surface area contributed by atoms with Gasteiger partial charge in [-0.05, 0) is 44.9 Å². The van der Waals surface area contributed by atoms with Crippen molar-refractivity contribution in [3.63, 3.8) is 0 Å². The van der Waals surface area contributed by atoms with E-state index in [1.54, 1.807) is 0 Å². The number of nitrogens with one attached hydrogen (secondary N) is 1. The summed E-state index contributed by atoms with van der Waals surface area (Å²) < 4.78 is 32.7. The van der Waals surface area contributed by atoms with Gasteiger partial charge in [0.05, 0.1) is 6.04 Å². The highest BCUT2D eigenvalue weighted by atomic mass is 19.1. The summed E-state index contributed by atoms with van der Waals surface area (Å²) in [6.07, 6.45) is 0.192. The third-order valence-electron chi connectivity index (χ3n) is 4.34. The number of halogens is 2. The van der Waals surface area contributed by atoms with Crippen molar-refractivity contribution in [3.8, 4) is 0 Å². The Morgan fingerprint density at radius 1 is 1.22 bits per heavy atom. The fourth-order valence-electron chi connectivity index (χ4n) is 3.26. The van der Waals surface area contributed by atoms with Crippen molar-refractivity contribution in [1.29, 1.82) is 0 Å². The van der Waals surface area contributed by atoms with Crippen LogP contribution in [0.15, 0.2) is 42.5 Å². The van der Waals surface area contributed by atoms with Crippen LogP contribution in [0.2, 0.25) is 0 Å².